The molecule has 1 amide bonds. The second-order valence-electron chi connectivity index (χ2n) is 6.99. The van der Waals surface area contributed by atoms with Crippen LogP contribution in [0.1, 0.15) is 39.2 Å². The minimum atomic E-state index is -0.0837. The minimum absolute atomic E-state index is 0.00710. The summed E-state index contributed by atoms with van der Waals surface area (Å²) in [4.78, 5) is 19.3. The molecule has 2 rings (SSSR count). The lowest BCUT2D eigenvalue weighted by molar-refractivity contribution is -0.133. The summed E-state index contributed by atoms with van der Waals surface area (Å²) >= 11 is 5.89. The maximum absolute atomic E-state index is 12.2. The summed E-state index contributed by atoms with van der Waals surface area (Å²) < 4.78 is 0. The van der Waals surface area contributed by atoms with E-state index in [-0.39, 0.29) is 17.4 Å². The maximum atomic E-state index is 12.2. The Labute approximate surface area is 137 Å². The minimum Gasteiger partial charge on any atom is -0.390 e. The van der Waals surface area contributed by atoms with Gasteiger partial charge in [0.1, 0.15) is 0 Å². The van der Waals surface area contributed by atoms with Gasteiger partial charge in [-0.15, -0.1) is 0 Å². The van der Waals surface area contributed by atoms with Crippen molar-refractivity contribution in [2.24, 2.45) is 10.6 Å². The Hall–Kier alpha value is -1.55. The Morgan fingerprint density at radius 3 is 2.59 bits per heavy atom. The fourth-order valence-electron chi connectivity index (χ4n) is 2.33. The van der Waals surface area contributed by atoms with Gasteiger partial charge in [-0.2, -0.15) is 0 Å². The topological polar surface area (TPSA) is 41.9 Å². The van der Waals surface area contributed by atoms with Gasteiger partial charge < -0.3 is 9.74 Å². The molecule has 1 atom stereocenters. The first kappa shape index (κ1) is 16.8. The molecule has 0 aromatic heterocycles. The lowest BCUT2D eigenvalue weighted by Gasteiger charge is -2.24. The van der Waals surface area contributed by atoms with Crippen molar-refractivity contribution in [2.45, 2.75) is 39.7 Å². The Bertz CT molecular complexity index is 561. The highest BCUT2D eigenvalue weighted by Gasteiger charge is 2.26. The Morgan fingerprint density at radius 1 is 1.36 bits per heavy atom. The van der Waals surface area contributed by atoms with Crippen molar-refractivity contribution in [3.05, 3.63) is 34.9 Å². The van der Waals surface area contributed by atoms with Crippen LogP contribution < -0.4 is 0 Å². The molecule has 1 aromatic rings. The molecule has 1 aromatic carbocycles. The zero-order valence-corrected chi connectivity index (χ0v) is 14.4. The maximum Gasteiger partial charge on any atom is 0.222 e. The number of benzene rings is 1. The smallest absolute Gasteiger partial charge is 0.222 e. The fourth-order valence-corrected chi connectivity index (χ4v) is 2.46. The molecule has 4 nitrogen and oxygen atoms in total. The van der Waals surface area contributed by atoms with Crippen molar-refractivity contribution in [3.63, 3.8) is 0 Å². The summed E-state index contributed by atoms with van der Waals surface area (Å²) in [5.74, 6) is 0.135. The molecule has 120 valence electrons. The molecule has 0 bridgehead atoms. The Morgan fingerprint density at radius 2 is 2.00 bits per heavy atom. The van der Waals surface area contributed by atoms with Gasteiger partial charge in [-0.05, 0) is 23.1 Å². The molecule has 0 aliphatic carbocycles. The highest BCUT2D eigenvalue weighted by molar-refractivity contribution is 6.30. The number of hydrogen-bond donors (Lipinski definition) is 0. The van der Waals surface area contributed by atoms with E-state index < -0.39 is 0 Å². The van der Waals surface area contributed by atoms with E-state index in [9.17, 15) is 4.79 Å². The number of hydrogen-bond acceptors (Lipinski definition) is 3. The highest BCUT2D eigenvalue weighted by Crippen LogP contribution is 2.22. The van der Waals surface area contributed by atoms with E-state index in [0.717, 1.165) is 11.3 Å². The van der Waals surface area contributed by atoms with Gasteiger partial charge in [0.2, 0.25) is 5.91 Å². The molecule has 0 spiro atoms. The van der Waals surface area contributed by atoms with E-state index in [0.29, 0.717) is 24.4 Å². The second-order valence-corrected chi connectivity index (χ2v) is 7.42. The summed E-state index contributed by atoms with van der Waals surface area (Å²) in [5, 5.41) is 4.84. The third-order valence-corrected chi connectivity index (χ3v) is 3.75. The van der Waals surface area contributed by atoms with Crippen LogP contribution in [0.2, 0.25) is 5.02 Å². The predicted molar refractivity (Wildman–Crippen MR) is 89.2 cm³/mol. The van der Waals surface area contributed by atoms with Gasteiger partial charge in [-0.3, -0.25) is 4.79 Å². The first-order chi connectivity index (χ1) is 10.2. The average Bonchev–Trinajstić information content (AvgIpc) is 2.86. The quantitative estimate of drug-likeness (QED) is 0.847. The molecule has 0 radical (unpaired) electrons. The number of likely N-dealkylation sites (N-methyl/N-ethyl adjacent to an activating group) is 1. The molecular formula is C17H23ClN2O2. The molecule has 0 unspecified atom stereocenters. The normalized spacial score (nSPS) is 17.9. The van der Waals surface area contributed by atoms with Gasteiger partial charge in [0.15, 0.2) is 6.10 Å². The molecule has 0 saturated heterocycles. The number of amides is 1. The predicted octanol–water partition coefficient (Wildman–Crippen LogP) is 3.73. The van der Waals surface area contributed by atoms with Crippen molar-refractivity contribution in [2.75, 3.05) is 13.6 Å². The van der Waals surface area contributed by atoms with E-state index in [1.54, 1.807) is 4.90 Å². The summed E-state index contributed by atoms with van der Waals surface area (Å²) in [6.45, 7) is 6.74. The molecule has 1 aliphatic rings. The standard InChI is InChI=1S/C17H23ClN2O2/c1-17(2,3)10-16(21)20(4)11-14-9-15(19-22-14)12-5-7-13(18)8-6-12/h5-8,14H,9-11H2,1-4H3/t14-/m0/s1. The third kappa shape index (κ3) is 4.73. The van der Waals surface area contributed by atoms with Crippen LogP contribution in [0.5, 0.6) is 0 Å². The monoisotopic (exact) mass is 322 g/mol. The molecule has 0 fully saturated rings. The second kappa shape index (κ2) is 6.69. The number of nitrogens with zero attached hydrogens (tertiary/aromatic N) is 2. The lowest BCUT2D eigenvalue weighted by atomic mass is 9.91. The number of oxime groups is 1. The van der Waals surface area contributed by atoms with Crippen molar-refractivity contribution in [3.8, 4) is 0 Å². The van der Waals surface area contributed by atoms with Gasteiger partial charge in [-0.1, -0.05) is 49.7 Å². The average molecular weight is 323 g/mol. The van der Waals surface area contributed by atoms with Crippen LogP contribution in [-0.2, 0) is 9.63 Å². The van der Waals surface area contributed by atoms with Crippen molar-refractivity contribution >= 4 is 23.2 Å². The van der Waals surface area contributed by atoms with E-state index in [1.165, 1.54) is 0 Å². The van der Waals surface area contributed by atoms with E-state index in [1.807, 2.05) is 31.3 Å². The van der Waals surface area contributed by atoms with Crippen molar-refractivity contribution in [1.29, 1.82) is 0 Å². The van der Waals surface area contributed by atoms with Crippen LogP contribution in [0.15, 0.2) is 29.4 Å². The summed E-state index contributed by atoms with van der Waals surface area (Å²) in [6, 6.07) is 7.54. The summed E-state index contributed by atoms with van der Waals surface area (Å²) in [7, 11) is 1.82. The number of carbonyl (C=O) groups is 1. The van der Waals surface area contributed by atoms with Gasteiger partial charge in [0.25, 0.3) is 0 Å². The van der Waals surface area contributed by atoms with E-state index in [4.69, 9.17) is 16.4 Å². The number of halogens is 1. The largest absolute Gasteiger partial charge is 0.390 e. The fraction of sp³-hybridized carbons (Fsp3) is 0.529. The van der Waals surface area contributed by atoms with Crippen LogP contribution in [0, 0.1) is 5.41 Å². The Balaban J connectivity index is 1.87. The zero-order valence-electron chi connectivity index (χ0n) is 13.6. The molecule has 0 N–H and O–H groups in total. The van der Waals surface area contributed by atoms with Crippen LogP contribution in [0.25, 0.3) is 0 Å². The van der Waals surface area contributed by atoms with Gasteiger partial charge in [0.05, 0.1) is 12.3 Å². The van der Waals surface area contributed by atoms with Crippen molar-refractivity contribution in [1.82, 2.24) is 4.90 Å². The molecular weight excluding hydrogens is 300 g/mol. The zero-order chi connectivity index (χ0) is 16.3. The summed E-state index contributed by atoms with van der Waals surface area (Å²) in [6.07, 6.45) is 1.15. The van der Waals surface area contributed by atoms with Gasteiger partial charge >= 0.3 is 0 Å². The van der Waals surface area contributed by atoms with Crippen LogP contribution in [0.4, 0.5) is 0 Å². The first-order valence-electron chi connectivity index (χ1n) is 7.47. The highest BCUT2D eigenvalue weighted by atomic mass is 35.5. The summed E-state index contributed by atoms with van der Waals surface area (Å²) in [5.41, 5.74) is 1.90. The lowest BCUT2D eigenvalue weighted by Crippen LogP contribution is -2.36. The van der Waals surface area contributed by atoms with Gasteiger partial charge in [0, 0.05) is 24.9 Å². The first-order valence-corrected chi connectivity index (χ1v) is 7.85. The third-order valence-electron chi connectivity index (χ3n) is 3.50. The number of carbonyl (C=O) groups excluding carboxylic acids is 1. The molecule has 5 heteroatoms. The molecule has 1 aliphatic heterocycles. The Kier molecular flexibility index (Phi) is 5.12. The molecule has 0 saturated carbocycles. The van der Waals surface area contributed by atoms with E-state index in [2.05, 4.69) is 25.9 Å². The molecule has 1 heterocycles. The molecule has 22 heavy (non-hydrogen) atoms. The SMILES string of the molecule is CN(C[C@@H]1CC(c2ccc(Cl)cc2)=NO1)C(=O)CC(C)(C)C. The van der Waals surface area contributed by atoms with E-state index >= 15 is 0 Å². The van der Waals surface area contributed by atoms with Crippen LogP contribution in [0.3, 0.4) is 0 Å². The van der Waals surface area contributed by atoms with Crippen LogP contribution in [-0.4, -0.2) is 36.2 Å². The van der Waals surface area contributed by atoms with Gasteiger partial charge in [-0.25, -0.2) is 0 Å². The van der Waals surface area contributed by atoms with Crippen LogP contribution >= 0.6 is 11.6 Å². The van der Waals surface area contributed by atoms with Crippen molar-refractivity contribution < 1.29 is 9.63 Å². The number of rotatable bonds is 4.